The van der Waals surface area contributed by atoms with Crippen molar-refractivity contribution in [3.05, 3.63) is 53.3 Å². The van der Waals surface area contributed by atoms with E-state index in [0.29, 0.717) is 17.5 Å². The number of carbonyl (C=O) groups is 1. The van der Waals surface area contributed by atoms with Crippen molar-refractivity contribution < 1.29 is 9.53 Å². The van der Waals surface area contributed by atoms with Gasteiger partial charge in [0.2, 0.25) is 5.91 Å². The van der Waals surface area contributed by atoms with Gasteiger partial charge in [0.1, 0.15) is 17.5 Å². The van der Waals surface area contributed by atoms with Gasteiger partial charge in [-0.05, 0) is 68.4 Å². The molecule has 1 amide bonds. The molecule has 0 radical (unpaired) electrons. The minimum atomic E-state index is 0.0127. The first-order chi connectivity index (χ1) is 17.0. The molecule has 1 saturated heterocycles. The van der Waals surface area contributed by atoms with Crippen LogP contribution in [0.4, 0.5) is 5.69 Å². The molecule has 186 valence electrons. The first-order valence-corrected chi connectivity index (χ1v) is 12.8. The number of pyridine rings is 1. The number of anilines is 1. The molecule has 1 atom stereocenters. The minimum Gasteiger partial charge on any atom is -0.490 e. The summed E-state index contributed by atoms with van der Waals surface area (Å²) in [6, 6.07) is 12.5. The van der Waals surface area contributed by atoms with Crippen LogP contribution < -0.4 is 15.0 Å². The molecular weight excluding hydrogens is 438 g/mol. The Morgan fingerprint density at radius 2 is 2.06 bits per heavy atom. The second kappa shape index (κ2) is 11.7. The third-order valence-electron chi connectivity index (χ3n) is 7.44. The molecule has 1 aliphatic heterocycles. The third-order valence-corrected chi connectivity index (χ3v) is 7.44. The van der Waals surface area contributed by atoms with Gasteiger partial charge in [0.15, 0.2) is 0 Å². The summed E-state index contributed by atoms with van der Waals surface area (Å²) in [5.41, 5.74) is 3.88. The van der Waals surface area contributed by atoms with Crippen LogP contribution in [0.5, 0.6) is 5.75 Å². The molecule has 1 aliphatic carbocycles. The van der Waals surface area contributed by atoms with Gasteiger partial charge in [-0.2, -0.15) is 5.26 Å². The molecule has 2 aliphatic rings. The first kappa shape index (κ1) is 25.2. The molecule has 35 heavy (non-hydrogen) atoms. The second-order valence-electron chi connectivity index (χ2n) is 9.88. The predicted octanol–water partition coefficient (Wildman–Crippen LogP) is 4.05. The molecule has 1 saturated carbocycles. The Morgan fingerprint density at radius 1 is 1.26 bits per heavy atom. The Labute approximate surface area is 209 Å². The number of benzene rings is 1. The van der Waals surface area contributed by atoms with E-state index in [9.17, 15) is 4.79 Å². The number of rotatable bonds is 7. The Balaban J connectivity index is 1.30. The van der Waals surface area contributed by atoms with Crippen molar-refractivity contribution in [2.45, 2.75) is 64.6 Å². The fraction of sp³-hybridized carbons (Fsp3) is 0.536. The van der Waals surface area contributed by atoms with Gasteiger partial charge in [-0.3, -0.25) is 9.69 Å². The van der Waals surface area contributed by atoms with Gasteiger partial charge in [0.05, 0.1) is 6.10 Å². The SMILES string of the molecule is CC[C@H]1CN(Cc2ccc(N(C)C(=O)C3CCC(Oc4ccnc(C#N)c4)CC3)cc2C)CCN1. The summed E-state index contributed by atoms with van der Waals surface area (Å²) < 4.78 is 6.05. The fourth-order valence-corrected chi connectivity index (χ4v) is 5.19. The van der Waals surface area contributed by atoms with Gasteiger partial charge in [0.25, 0.3) is 0 Å². The van der Waals surface area contributed by atoms with E-state index in [2.05, 4.69) is 47.2 Å². The zero-order valence-corrected chi connectivity index (χ0v) is 21.2. The van der Waals surface area contributed by atoms with E-state index < -0.39 is 0 Å². The second-order valence-corrected chi connectivity index (χ2v) is 9.88. The molecular formula is C28H37N5O2. The number of nitrogens with zero attached hydrogens (tertiary/aromatic N) is 4. The number of hydrogen-bond donors (Lipinski definition) is 1. The van der Waals surface area contributed by atoms with Crippen molar-refractivity contribution >= 4 is 11.6 Å². The summed E-state index contributed by atoms with van der Waals surface area (Å²) >= 11 is 0. The largest absolute Gasteiger partial charge is 0.490 e. The molecule has 0 unspecified atom stereocenters. The summed E-state index contributed by atoms with van der Waals surface area (Å²) in [7, 11) is 1.89. The van der Waals surface area contributed by atoms with Crippen LogP contribution in [0.3, 0.4) is 0 Å². The lowest BCUT2D eigenvalue weighted by atomic mass is 9.86. The Morgan fingerprint density at radius 3 is 2.77 bits per heavy atom. The molecule has 0 bridgehead atoms. The summed E-state index contributed by atoms with van der Waals surface area (Å²) in [6.07, 6.45) is 6.09. The number of ether oxygens (including phenoxy) is 1. The Hall–Kier alpha value is -2.95. The molecule has 0 spiro atoms. The maximum atomic E-state index is 13.3. The summed E-state index contributed by atoms with van der Waals surface area (Å²) in [6.45, 7) is 8.55. The van der Waals surface area contributed by atoms with E-state index in [1.54, 1.807) is 18.3 Å². The van der Waals surface area contributed by atoms with Gasteiger partial charge < -0.3 is 15.0 Å². The number of aryl methyl sites for hydroxylation is 1. The van der Waals surface area contributed by atoms with E-state index in [-0.39, 0.29) is 17.9 Å². The van der Waals surface area contributed by atoms with Crippen molar-refractivity contribution in [3.63, 3.8) is 0 Å². The molecule has 1 aromatic heterocycles. The lowest BCUT2D eigenvalue weighted by Gasteiger charge is -2.34. The number of nitriles is 1. The lowest BCUT2D eigenvalue weighted by molar-refractivity contribution is -0.123. The number of nitrogens with one attached hydrogen (secondary N) is 1. The first-order valence-electron chi connectivity index (χ1n) is 12.8. The van der Waals surface area contributed by atoms with Crippen LogP contribution in [0.25, 0.3) is 0 Å². The van der Waals surface area contributed by atoms with Crippen molar-refractivity contribution in [1.29, 1.82) is 5.26 Å². The van der Waals surface area contributed by atoms with Crippen LogP contribution in [-0.2, 0) is 11.3 Å². The average Bonchev–Trinajstić information content (AvgIpc) is 2.89. The van der Waals surface area contributed by atoms with Crippen LogP contribution in [0.1, 0.15) is 55.8 Å². The van der Waals surface area contributed by atoms with Gasteiger partial charge in [-0.15, -0.1) is 0 Å². The quantitative estimate of drug-likeness (QED) is 0.651. The van der Waals surface area contributed by atoms with Crippen molar-refractivity contribution in [2.24, 2.45) is 5.92 Å². The number of aromatic nitrogens is 1. The van der Waals surface area contributed by atoms with E-state index in [1.807, 2.05) is 18.0 Å². The standard InChI is InChI=1S/C28H37N5O2/c1-4-23-19-33(14-13-31-23)18-22-5-8-25(15-20(22)2)32(3)28(34)21-6-9-26(10-7-21)35-27-11-12-30-24(16-27)17-29/h5,8,11-12,15-16,21,23,26,31H,4,6-7,9-10,13-14,18-19H2,1-3H3/t21?,23-,26?/m0/s1. The molecule has 2 aromatic rings. The van der Waals surface area contributed by atoms with Gasteiger partial charge in [-0.1, -0.05) is 13.0 Å². The molecule has 1 N–H and O–H groups in total. The highest BCUT2D eigenvalue weighted by Gasteiger charge is 2.30. The molecule has 7 nitrogen and oxygen atoms in total. The topological polar surface area (TPSA) is 81.5 Å². The predicted molar refractivity (Wildman–Crippen MR) is 137 cm³/mol. The Kier molecular flexibility index (Phi) is 8.37. The smallest absolute Gasteiger partial charge is 0.229 e. The molecule has 1 aromatic carbocycles. The summed E-state index contributed by atoms with van der Waals surface area (Å²) in [5, 5.41) is 12.6. The highest BCUT2D eigenvalue weighted by molar-refractivity contribution is 5.94. The maximum absolute atomic E-state index is 13.3. The minimum absolute atomic E-state index is 0.0127. The molecule has 2 heterocycles. The van der Waals surface area contributed by atoms with Crippen molar-refractivity contribution in [1.82, 2.24) is 15.2 Å². The van der Waals surface area contributed by atoms with Crippen molar-refractivity contribution in [2.75, 3.05) is 31.6 Å². The van der Waals surface area contributed by atoms with Crippen LogP contribution in [0.2, 0.25) is 0 Å². The van der Waals surface area contributed by atoms with Crippen LogP contribution >= 0.6 is 0 Å². The summed E-state index contributed by atoms with van der Waals surface area (Å²) in [5.74, 6) is 0.864. The third kappa shape index (κ3) is 6.39. The number of piperazine rings is 1. The lowest BCUT2D eigenvalue weighted by Crippen LogP contribution is -2.49. The monoisotopic (exact) mass is 475 g/mol. The van der Waals surface area contributed by atoms with E-state index in [4.69, 9.17) is 10.00 Å². The van der Waals surface area contributed by atoms with Gasteiger partial charge in [0, 0.05) is 63.1 Å². The average molecular weight is 476 g/mol. The van der Waals surface area contributed by atoms with Crippen LogP contribution in [0.15, 0.2) is 36.5 Å². The van der Waals surface area contributed by atoms with E-state index in [0.717, 1.165) is 64.0 Å². The number of hydrogen-bond acceptors (Lipinski definition) is 6. The zero-order chi connectivity index (χ0) is 24.8. The molecule has 7 heteroatoms. The Bertz CT molecular complexity index is 1060. The highest BCUT2D eigenvalue weighted by atomic mass is 16.5. The van der Waals surface area contributed by atoms with Crippen LogP contribution in [-0.4, -0.2) is 54.6 Å². The van der Waals surface area contributed by atoms with Crippen LogP contribution in [0, 0.1) is 24.2 Å². The molecule has 4 rings (SSSR count). The highest BCUT2D eigenvalue weighted by Crippen LogP contribution is 2.30. The number of amides is 1. The zero-order valence-electron chi connectivity index (χ0n) is 21.2. The fourth-order valence-electron chi connectivity index (χ4n) is 5.19. The van der Waals surface area contributed by atoms with Gasteiger partial charge in [-0.25, -0.2) is 4.98 Å². The van der Waals surface area contributed by atoms with E-state index in [1.165, 1.54) is 11.1 Å². The molecule has 2 fully saturated rings. The summed E-state index contributed by atoms with van der Waals surface area (Å²) in [4.78, 5) is 21.6. The van der Waals surface area contributed by atoms with Gasteiger partial charge >= 0.3 is 0 Å². The maximum Gasteiger partial charge on any atom is 0.229 e. The normalized spacial score (nSPS) is 22.9. The van der Waals surface area contributed by atoms with Crippen molar-refractivity contribution in [3.8, 4) is 11.8 Å². The number of carbonyl (C=O) groups excluding carboxylic acids is 1. The van der Waals surface area contributed by atoms with E-state index >= 15 is 0 Å².